The van der Waals surface area contributed by atoms with Gasteiger partial charge in [0, 0.05) is 12.1 Å². The molecule has 0 radical (unpaired) electrons. The number of halogens is 2. The summed E-state index contributed by atoms with van der Waals surface area (Å²) < 4.78 is 32.4. The highest BCUT2D eigenvalue weighted by molar-refractivity contribution is 5.81. The summed E-state index contributed by atoms with van der Waals surface area (Å²) in [6.07, 6.45) is -0.457. The summed E-state index contributed by atoms with van der Waals surface area (Å²) in [6, 6.07) is 12.1. The van der Waals surface area contributed by atoms with Crippen molar-refractivity contribution in [3.05, 3.63) is 65.7 Å². The van der Waals surface area contributed by atoms with Crippen LogP contribution in [0.4, 0.5) is 8.78 Å². The molecule has 0 heterocycles. The first-order valence-corrected chi connectivity index (χ1v) is 7.04. The number of rotatable bonds is 6. The summed E-state index contributed by atoms with van der Waals surface area (Å²) in [7, 11) is 0. The second-order valence-electron chi connectivity index (χ2n) is 4.75. The van der Waals surface area contributed by atoms with E-state index in [9.17, 15) is 13.6 Å². The quantitative estimate of drug-likeness (QED) is 0.888. The molecule has 0 aliphatic heterocycles. The molecule has 2 rings (SSSR count). The van der Waals surface area contributed by atoms with E-state index in [1.807, 2.05) is 0 Å². The van der Waals surface area contributed by atoms with E-state index in [-0.39, 0.29) is 18.1 Å². The molecule has 1 atom stereocenters. The van der Waals surface area contributed by atoms with Crippen LogP contribution in [0.5, 0.6) is 5.75 Å². The third-order valence-electron chi connectivity index (χ3n) is 3.18. The van der Waals surface area contributed by atoms with Gasteiger partial charge in [0.1, 0.15) is 5.82 Å². The van der Waals surface area contributed by atoms with Crippen molar-refractivity contribution in [1.29, 1.82) is 0 Å². The lowest BCUT2D eigenvalue weighted by Crippen LogP contribution is -2.37. The molecule has 0 aliphatic rings. The minimum absolute atomic E-state index is 0.0235. The molecule has 22 heavy (non-hydrogen) atoms. The van der Waals surface area contributed by atoms with E-state index < -0.39 is 17.8 Å². The fraction of sp³-hybridized carbons (Fsp3) is 0.235. The Labute approximate surface area is 127 Å². The minimum Gasteiger partial charge on any atom is -0.478 e. The number of hydrogen-bond acceptors (Lipinski definition) is 2. The normalized spacial score (nSPS) is 11.8. The van der Waals surface area contributed by atoms with E-state index in [1.54, 1.807) is 37.3 Å². The summed E-state index contributed by atoms with van der Waals surface area (Å²) in [5.74, 6) is -1.29. The van der Waals surface area contributed by atoms with E-state index >= 15 is 0 Å². The van der Waals surface area contributed by atoms with Gasteiger partial charge in [0.2, 0.25) is 0 Å². The van der Waals surface area contributed by atoms with Crippen LogP contribution >= 0.6 is 0 Å². The van der Waals surface area contributed by atoms with Crippen LogP contribution in [-0.4, -0.2) is 12.0 Å². The largest absolute Gasteiger partial charge is 0.478 e. The monoisotopic (exact) mass is 305 g/mol. The maximum Gasteiger partial charge on any atom is 0.261 e. The van der Waals surface area contributed by atoms with Crippen LogP contribution in [0.25, 0.3) is 0 Å². The van der Waals surface area contributed by atoms with Gasteiger partial charge in [0.25, 0.3) is 5.91 Å². The number of para-hydroxylation sites is 1. The third kappa shape index (κ3) is 4.04. The van der Waals surface area contributed by atoms with Crippen LogP contribution in [0.3, 0.4) is 0 Å². The zero-order valence-corrected chi connectivity index (χ0v) is 12.2. The molecule has 116 valence electrons. The summed E-state index contributed by atoms with van der Waals surface area (Å²) in [5.41, 5.74) is 0.386. The van der Waals surface area contributed by atoms with Gasteiger partial charge in [-0.2, -0.15) is 0 Å². The van der Waals surface area contributed by atoms with Crippen molar-refractivity contribution in [3.63, 3.8) is 0 Å². The Morgan fingerprint density at radius 1 is 1.09 bits per heavy atom. The van der Waals surface area contributed by atoms with Crippen molar-refractivity contribution in [3.8, 4) is 5.75 Å². The Balaban J connectivity index is 1.98. The Kier molecular flexibility index (Phi) is 5.47. The molecular weight excluding hydrogens is 288 g/mol. The molecule has 1 N–H and O–H groups in total. The molecule has 1 amide bonds. The highest BCUT2D eigenvalue weighted by atomic mass is 19.1. The number of nitrogens with one attached hydrogen (secondary N) is 1. The molecular formula is C17H17F2NO2. The standard InChI is InChI=1S/C17H17F2NO2/c1-2-15(22-16-10-6-5-9-14(16)19)17(21)20-11-12-7-3-4-8-13(12)18/h3-10,15H,2,11H2,1H3,(H,20,21). The molecule has 5 heteroatoms. The molecule has 0 fully saturated rings. The number of amides is 1. The predicted molar refractivity (Wildman–Crippen MR) is 79.4 cm³/mol. The highest BCUT2D eigenvalue weighted by Gasteiger charge is 2.19. The molecule has 0 aromatic heterocycles. The summed E-state index contributed by atoms with van der Waals surface area (Å²) in [4.78, 5) is 12.1. The molecule has 0 aliphatic carbocycles. The maximum atomic E-state index is 13.5. The number of benzene rings is 2. The van der Waals surface area contributed by atoms with Gasteiger partial charge in [0.05, 0.1) is 0 Å². The Morgan fingerprint density at radius 2 is 1.73 bits per heavy atom. The Hall–Kier alpha value is -2.43. The van der Waals surface area contributed by atoms with Gasteiger partial charge in [-0.1, -0.05) is 37.3 Å². The first-order valence-electron chi connectivity index (χ1n) is 7.04. The second kappa shape index (κ2) is 7.54. The van der Waals surface area contributed by atoms with Gasteiger partial charge < -0.3 is 10.1 Å². The average molecular weight is 305 g/mol. The minimum atomic E-state index is -0.830. The SMILES string of the molecule is CCC(Oc1ccccc1F)C(=O)NCc1ccccc1F. The number of hydrogen-bond donors (Lipinski definition) is 1. The van der Waals surface area contributed by atoms with Crippen molar-refractivity contribution < 1.29 is 18.3 Å². The van der Waals surface area contributed by atoms with Crippen molar-refractivity contribution in [2.45, 2.75) is 26.0 Å². The lowest BCUT2D eigenvalue weighted by molar-refractivity contribution is -0.128. The van der Waals surface area contributed by atoms with E-state index in [2.05, 4.69) is 5.32 Å². The van der Waals surface area contributed by atoms with Gasteiger partial charge in [-0.3, -0.25) is 4.79 Å². The molecule has 0 bridgehead atoms. The third-order valence-corrected chi connectivity index (χ3v) is 3.18. The van der Waals surface area contributed by atoms with E-state index in [0.29, 0.717) is 12.0 Å². The fourth-order valence-corrected chi connectivity index (χ4v) is 1.95. The van der Waals surface area contributed by atoms with E-state index in [0.717, 1.165) is 0 Å². The second-order valence-corrected chi connectivity index (χ2v) is 4.75. The molecule has 2 aromatic carbocycles. The topological polar surface area (TPSA) is 38.3 Å². The van der Waals surface area contributed by atoms with Crippen LogP contribution in [0, 0.1) is 11.6 Å². The van der Waals surface area contributed by atoms with Gasteiger partial charge in [0.15, 0.2) is 17.7 Å². The lowest BCUT2D eigenvalue weighted by atomic mass is 10.2. The van der Waals surface area contributed by atoms with Crippen LogP contribution in [0.15, 0.2) is 48.5 Å². The number of carbonyl (C=O) groups excluding carboxylic acids is 1. The first kappa shape index (κ1) is 15.9. The maximum absolute atomic E-state index is 13.5. The van der Waals surface area contributed by atoms with Crippen molar-refractivity contribution in [2.24, 2.45) is 0 Å². The average Bonchev–Trinajstić information content (AvgIpc) is 2.53. The molecule has 0 spiro atoms. The van der Waals surface area contributed by atoms with Gasteiger partial charge >= 0.3 is 0 Å². The van der Waals surface area contributed by atoms with Crippen molar-refractivity contribution >= 4 is 5.91 Å². The van der Waals surface area contributed by atoms with Crippen LogP contribution in [0.2, 0.25) is 0 Å². The van der Waals surface area contributed by atoms with Crippen molar-refractivity contribution in [2.75, 3.05) is 0 Å². The van der Waals surface area contributed by atoms with E-state index in [4.69, 9.17) is 4.74 Å². The Morgan fingerprint density at radius 3 is 2.36 bits per heavy atom. The van der Waals surface area contributed by atoms with E-state index in [1.165, 1.54) is 18.2 Å². The highest BCUT2D eigenvalue weighted by Crippen LogP contribution is 2.18. The summed E-state index contributed by atoms with van der Waals surface area (Å²) >= 11 is 0. The van der Waals surface area contributed by atoms with Crippen LogP contribution in [0.1, 0.15) is 18.9 Å². The Bertz CT molecular complexity index is 646. The fourth-order valence-electron chi connectivity index (χ4n) is 1.95. The molecule has 1 unspecified atom stereocenters. The molecule has 3 nitrogen and oxygen atoms in total. The van der Waals surface area contributed by atoms with Gasteiger partial charge in [-0.15, -0.1) is 0 Å². The predicted octanol–water partition coefficient (Wildman–Crippen LogP) is 3.44. The molecule has 0 saturated carbocycles. The summed E-state index contributed by atoms with van der Waals surface area (Å²) in [5, 5.41) is 2.60. The zero-order valence-electron chi connectivity index (χ0n) is 12.2. The number of ether oxygens (including phenoxy) is 1. The molecule has 0 saturated heterocycles. The van der Waals surface area contributed by atoms with Crippen LogP contribution in [-0.2, 0) is 11.3 Å². The smallest absolute Gasteiger partial charge is 0.261 e. The van der Waals surface area contributed by atoms with Crippen molar-refractivity contribution in [1.82, 2.24) is 5.32 Å². The summed E-state index contributed by atoms with van der Waals surface area (Å²) in [6.45, 7) is 1.82. The number of carbonyl (C=O) groups is 1. The first-order chi connectivity index (χ1) is 10.6. The van der Waals surface area contributed by atoms with Crippen LogP contribution < -0.4 is 10.1 Å². The van der Waals surface area contributed by atoms with Gasteiger partial charge in [-0.25, -0.2) is 8.78 Å². The molecule has 2 aromatic rings. The zero-order chi connectivity index (χ0) is 15.9. The lowest BCUT2D eigenvalue weighted by Gasteiger charge is -2.17. The van der Waals surface area contributed by atoms with Gasteiger partial charge in [-0.05, 0) is 24.6 Å².